The third-order valence-corrected chi connectivity index (χ3v) is 4.30. The summed E-state index contributed by atoms with van der Waals surface area (Å²) in [6.07, 6.45) is 4.22. The summed E-state index contributed by atoms with van der Waals surface area (Å²) in [5.41, 5.74) is 1.43. The van der Waals surface area contributed by atoms with Crippen LogP contribution in [0.4, 0.5) is 5.69 Å². The maximum absolute atomic E-state index is 12.5. The van der Waals surface area contributed by atoms with E-state index in [-0.39, 0.29) is 6.04 Å². The van der Waals surface area contributed by atoms with E-state index in [0.29, 0.717) is 35.9 Å². The second-order valence-corrected chi connectivity index (χ2v) is 6.06. The van der Waals surface area contributed by atoms with Crippen LogP contribution >= 0.6 is 0 Å². The van der Waals surface area contributed by atoms with Gasteiger partial charge in [-0.05, 0) is 25.0 Å². The van der Waals surface area contributed by atoms with E-state index < -0.39 is 18.1 Å². The summed E-state index contributed by atoms with van der Waals surface area (Å²) in [6, 6.07) is 9.34. The number of benzene rings is 1. The minimum absolute atomic E-state index is 0.220. The topological polar surface area (TPSA) is 110 Å². The monoisotopic (exact) mass is 352 g/mol. The SMILES string of the molecule is O=C(O)Cn1cnc2c(c1=O)NC(c1cnc(-c3ccccc3)o1)CC2. The van der Waals surface area contributed by atoms with E-state index in [2.05, 4.69) is 15.3 Å². The van der Waals surface area contributed by atoms with Gasteiger partial charge in [0.1, 0.15) is 18.0 Å². The third-order valence-electron chi connectivity index (χ3n) is 4.30. The molecule has 8 nitrogen and oxygen atoms in total. The van der Waals surface area contributed by atoms with Crippen LogP contribution in [-0.2, 0) is 17.8 Å². The zero-order valence-corrected chi connectivity index (χ0v) is 13.8. The number of rotatable bonds is 4. The van der Waals surface area contributed by atoms with Crippen LogP contribution in [-0.4, -0.2) is 25.6 Å². The molecule has 1 unspecified atom stereocenters. The minimum Gasteiger partial charge on any atom is -0.480 e. The lowest BCUT2D eigenvalue weighted by Gasteiger charge is -2.24. The summed E-state index contributed by atoms with van der Waals surface area (Å²) in [5.74, 6) is 0.0501. The number of carboxylic acids is 1. The van der Waals surface area contributed by atoms with Gasteiger partial charge in [0.25, 0.3) is 5.56 Å². The van der Waals surface area contributed by atoms with Gasteiger partial charge in [0.15, 0.2) is 0 Å². The van der Waals surface area contributed by atoms with Crippen LogP contribution in [0.1, 0.15) is 23.9 Å². The average Bonchev–Trinajstić information content (AvgIpc) is 3.14. The van der Waals surface area contributed by atoms with Gasteiger partial charge in [0.05, 0.1) is 24.3 Å². The number of carboxylic acid groups (broad SMARTS) is 1. The number of aliphatic carboxylic acids is 1. The van der Waals surface area contributed by atoms with Crippen molar-refractivity contribution in [3.05, 3.63) is 64.7 Å². The predicted molar refractivity (Wildman–Crippen MR) is 92.8 cm³/mol. The Bertz CT molecular complexity index is 1010. The van der Waals surface area contributed by atoms with Crippen molar-refractivity contribution in [2.24, 2.45) is 0 Å². The Morgan fingerprint density at radius 1 is 1.31 bits per heavy atom. The van der Waals surface area contributed by atoms with Crippen LogP contribution in [0.5, 0.6) is 0 Å². The van der Waals surface area contributed by atoms with Gasteiger partial charge >= 0.3 is 5.97 Å². The number of nitrogens with zero attached hydrogens (tertiary/aromatic N) is 3. The molecule has 4 rings (SSSR count). The zero-order valence-electron chi connectivity index (χ0n) is 13.8. The Hall–Kier alpha value is -3.42. The highest BCUT2D eigenvalue weighted by Gasteiger charge is 2.26. The Morgan fingerprint density at radius 3 is 2.88 bits per heavy atom. The Balaban J connectivity index is 1.61. The molecule has 1 atom stereocenters. The van der Waals surface area contributed by atoms with E-state index in [4.69, 9.17) is 9.52 Å². The first-order valence-corrected chi connectivity index (χ1v) is 8.19. The molecule has 0 aliphatic carbocycles. The zero-order chi connectivity index (χ0) is 18.1. The quantitative estimate of drug-likeness (QED) is 0.739. The van der Waals surface area contributed by atoms with Gasteiger partial charge in [-0.15, -0.1) is 0 Å². The average molecular weight is 352 g/mol. The molecule has 3 heterocycles. The van der Waals surface area contributed by atoms with Crippen molar-refractivity contribution in [1.29, 1.82) is 0 Å². The molecule has 0 radical (unpaired) electrons. The summed E-state index contributed by atoms with van der Waals surface area (Å²) in [4.78, 5) is 31.9. The van der Waals surface area contributed by atoms with Crippen molar-refractivity contribution in [2.75, 3.05) is 5.32 Å². The molecule has 0 saturated carbocycles. The second kappa shape index (κ2) is 6.47. The first-order valence-electron chi connectivity index (χ1n) is 8.19. The molecule has 26 heavy (non-hydrogen) atoms. The molecule has 2 aromatic heterocycles. The molecule has 0 bridgehead atoms. The van der Waals surface area contributed by atoms with Gasteiger partial charge in [-0.3, -0.25) is 14.2 Å². The van der Waals surface area contributed by atoms with Gasteiger partial charge in [-0.1, -0.05) is 18.2 Å². The Kier molecular flexibility index (Phi) is 4.00. The fourth-order valence-corrected chi connectivity index (χ4v) is 3.02. The molecule has 2 N–H and O–H groups in total. The van der Waals surface area contributed by atoms with Crippen LogP contribution in [0.3, 0.4) is 0 Å². The minimum atomic E-state index is -1.09. The van der Waals surface area contributed by atoms with Crippen molar-refractivity contribution in [3.63, 3.8) is 0 Å². The lowest BCUT2D eigenvalue weighted by atomic mass is 10.0. The van der Waals surface area contributed by atoms with Gasteiger partial charge in [-0.2, -0.15) is 0 Å². The molecular formula is C18H16N4O4. The number of oxazole rings is 1. The molecular weight excluding hydrogens is 336 g/mol. The molecule has 1 aliphatic rings. The largest absolute Gasteiger partial charge is 0.480 e. The van der Waals surface area contributed by atoms with Gasteiger partial charge in [0.2, 0.25) is 5.89 Å². The Labute approximate surface area is 148 Å². The van der Waals surface area contributed by atoms with Crippen LogP contribution in [0.2, 0.25) is 0 Å². The van der Waals surface area contributed by atoms with Crippen molar-refractivity contribution in [3.8, 4) is 11.5 Å². The van der Waals surface area contributed by atoms with Crippen LogP contribution < -0.4 is 10.9 Å². The Morgan fingerprint density at radius 2 is 2.12 bits per heavy atom. The van der Waals surface area contributed by atoms with Crippen molar-refractivity contribution >= 4 is 11.7 Å². The van der Waals surface area contributed by atoms with E-state index in [1.807, 2.05) is 30.3 Å². The van der Waals surface area contributed by atoms with Gasteiger partial charge in [0, 0.05) is 5.56 Å². The first kappa shape index (κ1) is 16.1. The molecule has 132 valence electrons. The summed E-state index contributed by atoms with van der Waals surface area (Å²) in [5, 5.41) is 12.0. The van der Waals surface area contributed by atoms with E-state index in [9.17, 15) is 9.59 Å². The fourth-order valence-electron chi connectivity index (χ4n) is 3.02. The van der Waals surface area contributed by atoms with E-state index in [1.165, 1.54) is 6.33 Å². The maximum Gasteiger partial charge on any atom is 0.323 e. The number of carbonyl (C=O) groups is 1. The van der Waals surface area contributed by atoms with Crippen LogP contribution in [0.25, 0.3) is 11.5 Å². The van der Waals surface area contributed by atoms with E-state index in [1.54, 1.807) is 6.20 Å². The number of hydrogen-bond donors (Lipinski definition) is 2. The molecule has 0 saturated heterocycles. The molecule has 0 amide bonds. The van der Waals surface area contributed by atoms with Gasteiger partial charge in [-0.25, -0.2) is 9.97 Å². The predicted octanol–water partition coefficient (Wildman–Crippen LogP) is 2.08. The molecule has 1 aromatic carbocycles. The summed E-state index contributed by atoms with van der Waals surface area (Å²) in [7, 11) is 0. The number of aryl methyl sites for hydroxylation is 1. The molecule has 0 spiro atoms. The number of aromatic nitrogens is 3. The number of fused-ring (bicyclic) bond motifs is 1. The highest BCUT2D eigenvalue weighted by Crippen LogP contribution is 2.31. The lowest BCUT2D eigenvalue weighted by Crippen LogP contribution is -2.32. The highest BCUT2D eigenvalue weighted by molar-refractivity contribution is 5.66. The second-order valence-electron chi connectivity index (χ2n) is 6.06. The standard InChI is InChI=1S/C18H16N4O4/c23-15(24)9-22-10-20-13-7-6-12(21-16(13)18(22)25)14-8-19-17(26-14)11-4-2-1-3-5-11/h1-5,8,10,12,21H,6-7,9H2,(H,23,24). The van der Waals surface area contributed by atoms with Crippen molar-refractivity contribution < 1.29 is 14.3 Å². The van der Waals surface area contributed by atoms with Crippen LogP contribution in [0, 0.1) is 0 Å². The molecule has 8 heteroatoms. The number of hydrogen-bond acceptors (Lipinski definition) is 6. The van der Waals surface area contributed by atoms with Crippen molar-refractivity contribution in [1.82, 2.24) is 14.5 Å². The normalized spacial score (nSPS) is 15.9. The number of nitrogens with one attached hydrogen (secondary N) is 1. The smallest absolute Gasteiger partial charge is 0.323 e. The van der Waals surface area contributed by atoms with E-state index in [0.717, 1.165) is 10.1 Å². The first-order chi connectivity index (χ1) is 12.6. The summed E-state index contributed by atoms with van der Waals surface area (Å²) in [6.45, 7) is -0.425. The summed E-state index contributed by atoms with van der Waals surface area (Å²) < 4.78 is 6.94. The van der Waals surface area contributed by atoms with E-state index >= 15 is 0 Å². The lowest BCUT2D eigenvalue weighted by molar-refractivity contribution is -0.137. The highest BCUT2D eigenvalue weighted by atomic mass is 16.4. The molecule has 3 aromatic rings. The summed E-state index contributed by atoms with van der Waals surface area (Å²) >= 11 is 0. The van der Waals surface area contributed by atoms with Crippen molar-refractivity contribution in [2.45, 2.75) is 25.4 Å². The molecule has 0 fully saturated rings. The van der Waals surface area contributed by atoms with Gasteiger partial charge < -0.3 is 14.8 Å². The molecule has 1 aliphatic heterocycles. The fraction of sp³-hybridized carbons (Fsp3) is 0.222. The number of anilines is 1. The van der Waals surface area contributed by atoms with Crippen LogP contribution in [0.15, 0.2) is 52.1 Å². The maximum atomic E-state index is 12.5. The third kappa shape index (κ3) is 2.97.